The van der Waals surface area contributed by atoms with Crippen LogP contribution in [0.5, 0.6) is 0 Å². The predicted molar refractivity (Wildman–Crippen MR) is 184 cm³/mol. The van der Waals surface area contributed by atoms with E-state index in [2.05, 4.69) is 63.6 Å². The van der Waals surface area contributed by atoms with Gasteiger partial charge in [0.15, 0.2) is 0 Å². The maximum atomic E-state index is 14.1. The van der Waals surface area contributed by atoms with Crippen molar-refractivity contribution in [3.8, 4) is 11.1 Å². The minimum Gasteiger partial charge on any atom is -0.336 e. The molecular formula is C35H34BrClF4N6O. The van der Waals surface area contributed by atoms with Crippen molar-refractivity contribution in [3.05, 3.63) is 110 Å². The molecule has 0 saturated carbocycles. The normalized spacial score (nSPS) is 14.8. The second-order valence-electron chi connectivity index (χ2n) is 12.3. The van der Waals surface area contributed by atoms with Gasteiger partial charge in [-0.05, 0) is 66.1 Å². The number of hydrogen-bond donors (Lipinski definition) is 2. The van der Waals surface area contributed by atoms with E-state index >= 15 is 0 Å². The molecule has 6 rings (SSSR count). The number of nitrogens with zero attached hydrogens (tertiary/aromatic N) is 4. The van der Waals surface area contributed by atoms with Gasteiger partial charge in [0, 0.05) is 41.6 Å². The van der Waals surface area contributed by atoms with Crippen molar-refractivity contribution in [3.63, 3.8) is 0 Å². The summed E-state index contributed by atoms with van der Waals surface area (Å²) in [5, 5.41) is 14.1. The van der Waals surface area contributed by atoms with Gasteiger partial charge in [-0.2, -0.15) is 10.2 Å². The third kappa shape index (κ3) is 6.86. The molecule has 0 radical (unpaired) electrons. The smallest absolute Gasteiger partial charge is 0.282 e. The first kappa shape index (κ1) is 35.2. The molecule has 5 aromatic rings. The van der Waals surface area contributed by atoms with Crippen LogP contribution in [0.4, 0.5) is 34.8 Å². The first-order chi connectivity index (χ1) is 22.6. The van der Waals surface area contributed by atoms with E-state index < -0.39 is 23.8 Å². The highest BCUT2D eigenvalue weighted by Crippen LogP contribution is 2.45. The van der Waals surface area contributed by atoms with Crippen LogP contribution in [0.25, 0.3) is 11.1 Å². The Kier molecular flexibility index (Phi) is 10.1. The number of alkyl halides is 2. The highest BCUT2D eigenvalue weighted by atomic mass is 79.9. The Morgan fingerprint density at radius 1 is 1.08 bits per heavy atom. The highest BCUT2D eigenvalue weighted by Gasteiger charge is 2.38. The fourth-order valence-corrected chi connectivity index (χ4v) is 6.70. The molecule has 13 heteroatoms. The molecule has 3 aromatic carbocycles. The molecule has 48 heavy (non-hydrogen) atoms. The number of rotatable bonds is 6. The average molecular weight is 746 g/mol. The third-order valence-corrected chi connectivity index (χ3v) is 9.77. The number of nitrogens with one attached hydrogen (secondary N) is 2. The summed E-state index contributed by atoms with van der Waals surface area (Å²) in [7, 11) is 3.26. The third-order valence-electron chi connectivity index (χ3n) is 8.80. The van der Waals surface area contributed by atoms with Crippen LogP contribution in [-0.2, 0) is 25.9 Å². The Balaban J connectivity index is 0.000000188. The maximum Gasteiger partial charge on any atom is 0.282 e. The lowest BCUT2D eigenvalue weighted by molar-refractivity contribution is 0.101. The number of aryl methyl sites for hydroxylation is 3. The lowest BCUT2D eigenvalue weighted by Crippen LogP contribution is -2.21. The summed E-state index contributed by atoms with van der Waals surface area (Å²) in [6.45, 7) is 8.39. The van der Waals surface area contributed by atoms with Crippen LogP contribution in [0.15, 0.2) is 65.3 Å². The average Bonchev–Trinajstić information content (AvgIpc) is 3.62. The van der Waals surface area contributed by atoms with E-state index in [-0.39, 0.29) is 27.5 Å². The van der Waals surface area contributed by atoms with Crippen molar-refractivity contribution in [2.75, 3.05) is 10.6 Å². The van der Waals surface area contributed by atoms with Gasteiger partial charge < -0.3 is 10.6 Å². The monoisotopic (exact) mass is 744 g/mol. The second-order valence-corrected chi connectivity index (χ2v) is 13.6. The minimum absolute atomic E-state index is 0.0263. The molecule has 2 heterocycles. The van der Waals surface area contributed by atoms with Crippen molar-refractivity contribution in [1.82, 2.24) is 19.6 Å². The van der Waals surface area contributed by atoms with E-state index in [1.54, 1.807) is 23.9 Å². The van der Waals surface area contributed by atoms with Crippen molar-refractivity contribution >= 4 is 50.6 Å². The van der Waals surface area contributed by atoms with E-state index in [0.717, 1.165) is 28.8 Å². The van der Waals surface area contributed by atoms with Gasteiger partial charge in [0.2, 0.25) is 0 Å². The summed E-state index contributed by atoms with van der Waals surface area (Å²) in [5.41, 5.74) is 4.81. The largest absolute Gasteiger partial charge is 0.336 e. The van der Waals surface area contributed by atoms with Crippen LogP contribution in [0, 0.1) is 24.5 Å². The van der Waals surface area contributed by atoms with E-state index in [4.69, 9.17) is 11.6 Å². The number of hydrogen-bond acceptors (Lipinski definition) is 4. The van der Waals surface area contributed by atoms with Gasteiger partial charge >= 0.3 is 0 Å². The topological polar surface area (TPSA) is 76.8 Å². The number of carbonyl (C=O) groups is 1. The molecule has 1 aliphatic rings. The zero-order chi connectivity index (χ0) is 35.1. The zero-order valence-electron chi connectivity index (χ0n) is 27.1. The molecule has 0 fully saturated rings. The Hall–Kier alpha value is -4.16. The van der Waals surface area contributed by atoms with Crippen LogP contribution < -0.4 is 10.6 Å². The molecule has 7 nitrogen and oxygen atoms in total. The fourth-order valence-electron chi connectivity index (χ4n) is 5.94. The highest BCUT2D eigenvalue weighted by molar-refractivity contribution is 9.10. The van der Waals surface area contributed by atoms with E-state index in [1.807, 2.05) is 19.1 Å². The molecular weight excluding hydrogens is 712 g/mol. The Morgan fingerprint density at radius 2 is 1.79 bits per heavy atom. The number of halogens is 6. The second kappa shape index (κ2) is 13.8. The lowest BCUT2D eigenvalue weighted by atomic mass is 9.80. The van der Waals surface area contributed by atoms with Gasteiger partial charge in [-0.25, -0.2) is 17.6 Å². The van der Waals surface area contributed by atoms with Crippen LogP contribution in [0.3, 0.4) is 0 Å². The number of anilines is 3. The quantitative estimate of drug-likeness (QED) is 0.170. The maximum absolute atomic E-state index is 14.1. The van der Waals surface area contributed by atoms with Crippen LogP contribution in [-0.4, -0.2) is 25.5 Å². The van der Waals surface area contributed by atoms with E-state index in [1.165, 1.54) is 47.8 Å². The van der Waals surface area contributed by atoms with Gasteiger partial charge in [0.1, 0.15) is 23.1 Å². The molecule has 1 atom stereocenters. The zero-order valence-corrected chi connectivity index (χ0v) is 29.4. The van der Waals surface area contributed by atoms with Crippen LogP contribution in [0.2, 0.25) is 5.02 Å². The molecule has 1 unspecified atom stereocenters. The lowest BCUT2D eigenvalue weighted by Gasteiger charge is -2.25. The summed E-state index contributed by atoms with van der Waals surface area (Å²) >= 11 is 9.47. The molecule has 1 amide bonds. The molecule has 0 bridgehead atoms. The van der Waals surface area contributed by atoms with Crippen LogP contribution >= 0.6 is 27.5 Å². The molecule has 252 valence electrons. The summed E-state index contributed by atoms with van der Waals surface area (Å²) in [4.78, 5) is 12.5. The van der Waals surface area contributed by atoms with Gasteiger partial charge in [0.25, 0.3) is 12.3 Å². The molecule has 0 spiro atoms. The molecule has 1 aliphatic carbocycles. The minimum atomic E-state index is -2.78. The number of benzene rings is 3. The van der Waals surface area contributed by atoms with Gasteiger partial charge in [-0.15, -0.1) is 0 Å². The number of para-hydroxylation sites is 1. The van der Waals surface area contributed by atoms with Crippen molar-refractivity contribution < 1.29 is 22.4 Å². The molecule has 2 N–H and O–H groups in total. The SMILES string of the molecule is CC1Cc2c(NC(=O)c3cn(C)nc3C(F)F)cccc2C1(C)C.Cc1nn(C)c(Nc2c(F)cccc2Cl)c1-c1ccc(F)cc1Br. The molecule has 0 saturated heterocycles. The van der Waals surface area contributed by atoms with E-state index in [9.17, 15) is 22.4 Å². The number of amides is 1. The summed E-state index contributed by atoms with van der Waals surface area (Å²) < 4.78 is 57.0. The summed E-state index contributed by atoms with van der Waals surface area (Å²) in [6, 6.07) is 14.6. The number of aromatic nitrogens is 4. The van der Waals surface area contributed by atoms with Crippen molar-refractivity contribution in [2.24, 2.45) is 20.0 Å². The summed E-state index contributed by atoms with van der Waals surface area (Å²) in [5.74, 6) is -0.360. The van der Waals surface area contributed by atoms with E-state index in [0.29, 0.717) is 21.9 Å². The first-order valence-electron chi connectivity index (χ1n) is 15.1. The van der Waals surface area contributed by atoms with Crippen molar-refractivity contribution in [1.29, 1.82) is 0 Å². The number of carbonyl (C=O) groups excluding carboxylic acids is 1. The predicted octanol–water partition coefficient (Wildman–Crippen LogP) is 9.91. The summed E-state index contributed by atoms with van der Waals surface area (Å²) in [6.07, 6.45) is -0.604. The van der Waals surface area contributed by atoms with Gasteiger partial charge in [-0.1, -0.05) is 72.6 Å². The van der Waals surface area contributed by atoms with Crippen LogP contribution in [0.1, 0.15) is 60.1 Å². The van der Waals surface area contributed by atoms with Gasteiger partial charge in [0.05, 0.1) is 22.0 Å². The van der Waals surface area contributed by atoms with Crippen molar-refractivity contribution in [2.45, 2.75) is 46.0 Å². The first-order valence-corrected chi connectivity index (χ1v) is 16.2. The molecule has 2 aromatic heterocycles. The number of fused-ring (bicyclic) bond motifs is 1. The Labute approximate surface area is 289 Å². The molecule has 0 aliphatic heterocycles. The van der Waals surface area contributed by atoms with Gasteiger partial charge in [-0.3, -0.25) is 14.2 Å². The Bertz CT molecular complexity index is 1990. The standard InChI is InChI=1S/C18H21F2N3O.C17H13BrClF2N3/c1-10-8-11-13(18(10,2)3)6-5-7-14(11)21-17(24)12-9-23(4)22-15(12)16(19)20;1-9-15(11-7-6-10(20)8-12(11)18)17(24(2)23-9)22-16-13(19)4-3-5-14(16)21/h5-7,9-10,16H,8H2,1-4H3,(H,21,24);3-8,22H,1-2H3. The Morgan fingerprint density at radius 3 is 2.46 bits per heavy atom. The fraction of sp³-hybridized carbons (Fsp3) is 0.286.